The Labute approximate surface area is 167 Å². The number of esters is 1. The van der Waals surface area contributed by atoms with Crippen LogP contribution in [-0.2, 0) is 28.5 Å². The number of piperidine rings is 1. The number of quaternary nitrogens is 1. The minimum atomic E-state index is -1.19. The Kier molecular flexibility index (Phi) is 7.00. The number of carbonyl (C=O) groups excluding carboxylic acids is 1. The second-order valence-electron chi connectivity index (χ2n) is 8.88. The van der Waals surface area contributed by atoms with Crippen LogP contribution in [0.3, 0.4) is 0 Å². The van der Waals surface area contributed by atoms with Gasteiger partial charge in [0.05, 0.1) is 49.1 Å². The first-order valence-corrected chi connectivity index (χ1v) is 10.3. The summed E-state index contributed by atoms with van der Waals surface area (Å²) in [6.07, 6.45) is 2.05. The summed E-state index contributed by atoms with van der Waals surface area (Å²) in [6, 6.07) is 0.368. The van der Waals surface area contributed by atoms with Gasteiger partial charge in [-0.15, -0.1) is 0 Å². The number of carbonyl (C=O) groups is 1. The molecule has 1 aliphatic carbocycles. The Morgan fingerprint density at radius 1 is 1.21 bits per heavy atom. The van der Waals surface area contributed by atoms with Crippen LogP contribution < -0.4 is 5.32 Å². The summed E-state index contributed by atoms with van der Waals surface area (Å²) in [5, 5.41) is 12.7. The molecule has 7 unspecified atom stereocenters. The summed E-state index contributed by atoms with van der Waals surface area (Å²) in [5.74, 6) is 0.311. The van der Waals surface area contributed by atoms with Gasteiger partial charge in [-0.25, -0.2) is 0 Å². The van der Waals surface area contributed by atoms with E-state index in [1.807, 2.05) is 0 Å². The van der Waals surface area contributed by atoms with E-state index in [2.05, 4.69) is 5.32 Å². The maximum atomic E-state index is 11.4. The quantitative estimate of drug-likeness (QED) is 0.570. The molecule has 162 valence electrons. The fraction of sp³-hybridized carbons (Fsp3) is 0.950. The Morgan fingerprint density at radius 3 is 2.57 bits per heavy atom. The largest absolute Gasteiger partial charge is 0.457 e. The number of nitrogens with two attached hydrogens (primary N) is 1. The van der Waals surface area contributed by atoms with Crippen LogP contribution in [0.5, 0.6) is 0 Å². The number of hydrogen-bond donors (Lipinski definition) is 2. The summed E-state index contributed by atoms with van der Waals surface area (Å²) in [4.78, 5) is 11.4. The van der Waals surface area contributed by atoms with Gasteiger partial charge in [-0.2, -0.15) is 0 Å². The molecule has 0 amide bonds. The standard InChI is InChI=1S/C20H35NO7/c1-11(22)28-17(20(2,3)23)10-27-16-8-13-14(9-15(16)24-4)21-19-12(6-7-26-19)18(13)25-5/h12-19,21,23H,6-10H2,1-5H3/p+1/t12?,13?,14?,15?,16?,17-,18?,19?/m1/s1. The number of ether oxygens (including phenoxy) is 5. The number of methoxy groups -OCH3 is 2. The van der Waals surface area contributed by atoms with E-state index >= 15 is 0 Å². The van der Waals surface area contributed by atoms with Crippen LogP contribution in [0.2, 0.25) is 0 Å². The zero-order valence-electron chi connectivity index (χ0n) is 17.6. The lowest BCUT2D eigenvalue weighted by Gasteiger charge is -2.47. The highest BCUT2D eigenvalue weighted by Gasteiger charge is 2.54. The van der Waals surface area contributed by atoms with Crippen molar-refractivity contribution in [1.82, 2.24) is 0 Å². The predicted octanol–water partition coefficient (Wildman–Crippen LogP) is -0.178. The van der Waals surface area contributed by atoms with Crippen molar-refractivity contribution in [3.8, 4) is 0 Å². The fourth-order valence-electron chi connectivity index (χ4n) is 5.09. The second-order valence-corrected chi connectivity index (χ2v) is 8.88. The van der Waals surface area contributed by atoms with Gasteiger partial charge in [-0.3, -0.25) is 4.79 Å². The van der Waals surface area contributed by atoms with Gasteiger partial charge in [0.1, 0.15) is 0 Å². The molecular weight excluding hydrogens is 366 g/mol. The smallest absolute Gasteiger partial charge is 0.303 e. The highest BCUT2D eigenvalue weighted by atomic mass is 16.6. The molecule has 3 N–H and O–H groups in total. The summed E-state index contributed by atoms with van der Waals surface area (Å²) in [6.45, 7) is 5.48. The molecule has 3 fully saturated rings. The highest BCUT2D eigenvalue weighted by Crippen LogP contribution is 2.39. The Morgan fingerprint density at radius 2 is 1.96 bits per heavy atom. The van der Waals surface area contributed by atoms with Crippen LogP contribution in [-0.4, -0.2) is 80.8 Å². The molecule has 8 atom stereocenters. The lowest BCUT2D eigenvalue weighted by molar-refractivity contribution is -0.778. The maximum absolute atomic E-state index is 11.4. The summed E-state index contributed by atoms with van der Waals surface area (Å²) < 4.78 is 29.0. The monoisotopic (exact) mass is 402 g/mol. The number of fused-ring (bicyclic) bond motifs is 2. The first-order valence-electron chi connectivity index (χ1n) is 10.3. The molecule has 1 saturated carbocycles. The topological polar surface area (TPSA) is 100 Å². The van der Waals surface area contributed by atoms with Crippen LogP contribution in [0.15, 0.2) is 0 Å². The van der Waals surface area contributed by atoms with Crippen LogP contribution in [0.4, 0.5) is 0 Å². The van der Waals surface area contributed by atoms with Gasteiger partial charge in [-0.1, -0.05) is 0 Å². The molecule has 28 heavy (non-hydrogen) atoms. The van der Waals surface area contributed by atoms with Crippen LogP contribution >= 0.6 is 0 Å². The Bertz CT molecular complexity index is 537. The third-order valence-electron chi connectivity index (χ3n) is 6.57. The molecule has 0 bridgehead atoms. The van der Waals surface area contributed by atoms with Crippen molar-refractivity contribution in [2.75, 3.05) is 27.4 Å². The zero-order chi connectivity index (χ0) is 20.5. The van der Waals surface area contributed by atoms with E-state index in [0.29, 0.717) is 17.9 Å². The first kappa shape index (κ1) is 21.9. The van der Waals surface area contributed by atoms with Crippen molar-refractivity contribution in [2.45, 2.75) is 82.3 Å². The summed E-state index contributed by atoms with van der Waals surface area (Å²) in [7, 11) is 3.48. The molecule has 2 heterocycles. The van der Waals surface area contributed by atoms with Crippen molar-refractivity contribution in [1.29, 1.82) is 0 Å². The van der Waals surface area contributed by atoms with E-state index < -0.39 is 17.7 Å². The van der Waals surface area contributed by atoms with Gasteiger partial charge in [0.25, 0.3) is 0 Å². The van der Waals surface area contributed by atoms with Gasteiger partial charge in [0.2, 0.25) is 0 Å². The van der Waals surface area contributed by atoms with Gasteiger partial charge >= 0.3 is 5.97 Å². The van der Waals surface area contributed by atoms with E-state index in [4.69, 9.17) is 23.7 Å². The lowest BCUT2D eigenvalue weighted by atomic mass is 9.71. The average Bonchev–Trinajstić information content (AvgIpc) is 3.09. The van der Waals surface area contributed by atoms with Crippen LogP contribution in [0.1, 0.15) is 40.0 Å². The minimum Gasteiger partial charge on any atom is -0.457 e. The van der Waals surface area contributed by atoms with Crippen molar-refractivity contribution in [3.05, 3.63) is 0 Å². The molecule has 0 aromatic heterocycles. The van der Waals surface area contributed by atoms with Gasteiger partial charge in [-0.05, 0) is 26.7 Å². The molecule has 2 saturated heterocycles. The maximum Gasteiger partial charge on any atom is 0.303 e. The Balaban J connectivity index is 1.68. The Hall–Kier alpha value is -0.770. The van der Waals surface area contributed by atoms with E-state index in [-0.39, 0.29) is 31.1 Å². The average molecular weight is 403 g/mol. The lowest BCUT2D eigenvalue weighted by Crippen LogP contribution is -3.01. The van der Waals surface area contributed by atoms with Crippen molar-refractivity contribution >= 4 is 5.97 Å². The van der Waals surface area contributed by atoms with E-state index in [1.165, 1.54) is 6.92 Å². The zero-order valence-corrected chi connectivity index (χ0v) is 17.6. The molecule has 2 aliphatic heterocycles. The van der Waals surface area contributed by atoms with Gasteiger partial charge < -0.3 is 34.1 Å². The summed E-state index contributed by atoms with van der Waals surface area (Å²) in [5.41, 5.74) is -1.19. The normalized spacial score (nSPS) is 39.1. The fourth-order valence-corrected chi connectivity index (χ4v) is 5.09. The third-order valence-corrected chi connectivity index (χ3v) is 6.57. The van der Waals surface area contributed by atoms with Gasteiger partial charge in [0.15, 0.2) is 12.3 Å². The predicted molar refractivity (Wildman–Crippen MR) is 99.5 cm³/mol. The van der Waals surface area contributed by atoms with E-state index in [9.17, 15) is 9.90 Å². The van der Waals surface area contributed by atoms with Crippen LogP contribution in [0.25, 0.3) is 0 Å². The molecule has 0 aromatic carbocycles. The molecule has 3 rings (SSSR count). The molecule has 0 radical (unpaired) electrons. The molecular formula is C20H36NO7+. The highest BCUT2D eigenvalue weighted by molar-refractivity contribution is 5.66. The molecule has 0 spiro atoms. The second kappa shape index (κ2) is 8.93. The van der Waals surface area contributed by atoms with E-state index in [1.54, 1.807) is 28.1 Å². The molecule has 3 aliphatic rings. The number of rotatable bonds is 7. The SMILES string of the molecule is COC1CC2[NH2+]C3OCCC3C(OC)C2CC1OC[C@@H](OC(C)=O)C(C)(C)O. The number of hydrogen-bond acceptors (Lipinski definition) is 7. The minimum absolute atomic E-state index is 0.0623. The van der Waals surface area contributed by atoms with E-state index in [0.717, 1.165) is 25.9 Å². The van der Waals surface area contributed by atoms with Crippen molar-refractivity contribution < 1.29 is 38.9 Å². The molecule has 8 heteroatoms. The molecule has 0 aromatic rings. The van der Waals surface area contributed by atoms with Crippen molar-refractivity contribution in [2.24, 2.45) is 11.8 Å². The van der Waals surface area contributed by atoms with Crippen LogP contribution in [0, 0.1) is 11.8 Å². The number of aliphatic hydroxyl groups is 1. The van der Waals surface area contributed by atoms with Crippen molar-refractivity contribution in [3.63, 3.8) is 0 Å². The summed E-state index contributed by atoms with van der Waals surface area (Å²) >= 11 is 0. The third kappa shape index (κ3) is 4.68. The first-order chi connectivity index (χ1) is 13.2. The molecule has 8 nitrogen and oxygen atoms in total. The van der Waals surface area contributed by atoms with Gasteiger partial charge in [0, 0.05) is 33.5 Å².